The second kappa shape index (κ2) is 63.8. The monoisotopic (exact) mass is 1350 g/mol. The molecule has 0 heterocycles. The highest BCUT2D eigenvalue weighted by Gasteiger charge is 2.30. The van der Waals surface area contributed by atoms with Crippen LogP contribution in [0.1, 0.15) is 370 Å². The number of unbranched alkanes of at least 4 members (excludes halogenated alkanes) is 39. The lowest BCUT2D eigenvalue weighted by Gasteiger charge is -2.21. The molecule has 0 aliphatic rings. The second-order valence-electron chi connectivity index (χ2n) is 27.8. The standard InChI is InChI=1S/C73H142O17P2/c1-8-9-10-11-12-13-26-33-40-47-54-70(75)83-60-69(90-73(78)57-50-43-36-29-22-25-32-39-46-53-66(6)7)63-88-92(81,82)86-59-67(74)58-85-91(79,80)87-62-68(61-84-71(76)55-48-41-34-27-21-17-19-24-31-38-45-52-65(4)5)89-72(77)56-49-42-35-28-20-16-14-15-18-23-30-37-44-51-64(2)3/h64-69,74H,8-63H2,1-7H3,(H,79,80)(H,81,82)/t67-,68-,69-/m1/s1. The molecule has 92 heavy (non-hydrogen) atoms. The van der Waals surface area contributed by atoms with Gasteiger partial charge in [-0.25, -0.2) is 9.13 Å². The van der Waals surface area contributed by atoms with E-state index >= 15 is 0 Å². The van der Waals surface area contributed by atoms with Gasteiger partial charge in [0, 0.05) is 25.7 Å². The molecule has 0 aliphatic heterocycles. The van der Waals surface area contributed by atoms with E-state index in [0.717, 1.165) is 108 Å². The molecule has 2 unspecified atom stereocenters. The molecule has 0 amide bonds. The van der Waals surface area contributed by atoms with E-state index in [1.807, 2.05) is 0 Å². The van der Waals surface area contributed by atoms with E-state index in [9.17, 15) is 43.2 Å². The van der Waals surface area contributed by atoms with Crippen molar-refractivity contribution in [2.75, 3.05) is 39.6 Å². The van der Waals surface area contributed by atoms with Gasteiger partial charge in [0.05, 0.1) is 26.4 Å². The lowest BCUT2D eigenvalue weighted by atomic mass is 10.0. The number of aliphatic hydroxyl groups is 1. The number of hydrogen-bond donors (Lipinski definition) is 3. The van der Waals surface area contributed by atoms with Gasteiger partial charge in [-0.2, -0.15) is 0 Å². The van der Waals surface area contributed by atoms with E-state index < -0.39 is 97.5 Å². The Morgan fingerprint density at radius 2 is 0.500 bits per heavy atom. The molecule has 17 nitrogen and oxygen atoms in total. The summed E-state index contributed by atoms with van der Waals surface area (Å²) in [6.45, 7) is 11.9. The number of esters is 4. The Bertz CT molecular complexity index is 1800. The van der Waals surface area contributed by atoms with Crippen molar-refractivity contribution in [3.05, 3.63) is 0 Å². The number of carbonyl (C=O) groups excluding carboxylic acids is 4. The Kier molecular flexibility index (Phi) is 62.4. The number of aliphatic hydroxyl groups excluding tert-OH is 1. The third-order valence-corrected chi connectivity index (χ3v) is 18.8. The number of ether oxygens (including phenoxy) is 4. The third-order valence-electron chi connectivity index (χ3n) is 16.9. The van der Waals surface area contributed by atoms with Crippen molar-refractivity contribution >= 4 is 39.5 Å². The topological polar surface area (TPSA) is 237 Å². The van der Waals surface area contributed by atoms with E-state index in [4.69, 9.17) is 37.0 Å². The molecule has 0 aromatic carbocycles. The Balaban J connectivity index is 5.25. The summed E-state index contributed by atoms with van der Waals surface area (Å²) in [5.41, 5.74) is 0. The molecule has 0 aromatic heterocycles. The van der Waals surface area contributed by atoms with Gasteiger partial charge in [-0.15, -0.1) is 0 Å². The molecule has 0 aromatic rings. The van der Waals surface area contributed by atoms with Gasteiger partial charge in [0.1, 0.15) is 19.3 Å². The maximum Gasteiger partial charge on any atom is 0.472 e. The zero-order valence-corrected chi connectivity index (χ0v) is 61.8. The Labute approximate surface area is 562 Å². The van der Waals surface area contributed by atoms with E-state index in [1.54, 1.807) is 0 Å². The molecule has 0 radical (unpaired) electrons. The molecular weight excluding hydrogens is 1210 g/mol. The Hall–Kier alpha value is -1.94. The first-order valence-corrected chi connectivity index (χ1v) is 40.8. The van der Waals surface area contributed by atoms with Gasteiger partial charge in [0.25, 0.3) is 0 Å². The largest absolute Gasteiger partial charge is 0.472 e. The zero-order chi connectivity index (χ0) is 68.0. The predicted molar refractivity (Wildman–Crippen MR) is 372 cm³/mol. The van der Waals surface area contributed by atoms with Crippen LogP contribution in [0.5, 0.6) is 0 Å². The van der Waals surface area contributed by atoms with Gasteiger partial charge in [0.15, 0.2) is 12.2 Å². The third kappa shape index (κ3) is 66.7. The Morgan fingerprint density at radius 1 is 0.293 bits per heavy atom. The van der Waals surface area contributed by atoms with E-state index in [2.05, 4.69) is 48.5 Å². The fraction of sp³-hybridized carbons (Fsp3) is 0.945. The van der Waals surface area contributed by atoms with Crippen molar-refractivity contribution < 1.29 is 80.2 Å². The van der Waals surface area contributed by atoms with Crippen molar-refractivity contribution in [3.63, 3.8) is 0 Å². The number of hydrogen-bond acceptors (Lipinski definition) is 15. The fourth-order valence-electron chi connectivity index (χ4n) is 11.1. The van der Waals surface area contributed by atoms with E-state index in [-0.39, 0.29) is 25.7 Å². The summed E-state index contributed by atoms with van der Waals surface area (Å²) in [6.07, 6.45) is 48.5. The molecule has 0 saturated carbocycles. The average Bonchev–Trinajstić information content (AvgIpc) is 1.40. The fourth-order valence-corrected chi connectivity index (χ4v) is 12.7. The van der Waals surface area contributed by atoms with Crippen molar-refractivity contribution in [2.24, 2.45) is 17.8 Å². The van der Waals surface area contributed by atoms with Crippen molar-refractivity contribution in [1.82, 2.24) is 0 Å². The molecule has 3 N–H and O–H groups in total. The molecule has 0 fully saturated rings. The molecule has 19 heteroatoms. The molecule has 0 bridgehead atoms. The highest BCUT2D eigenvalue weighted by Crippen LogP contribution is 2.45. The van der Waals surface area contributed by atoms with Crippen LogP contribution in [0.2, 0.25) is 0 Å². The number of rotatable bonds is 71. The highest BCUT2D eigenvalue weighted by molar-refractivity contribution is 7.47. The quantitative estimate of drug-likeness (QED) is 0.0222. The van der Waals surface area contributed by atoms with E-state index in [1.165, 1.54) is 180 Å². The van der Waals surface area contributed by atoms with Crippen molar-refractivity contribution in [1.29, 1.82) is 0 Å². The van der Waals surface area contributed by atoms with Crippen LogP contribution >= 0.6 is 15.6 Å². The van der Waals surface area contributed by atoms with Crippen LogP contribution in [0, 0.1) is 17.8 Å². The molecule has 0 saturated heterocycles. The number of carbonyl (C=O) groups is 4. The summed E-state index contributed by atoms with van der Waals surface area (Å²) in [6, 6.07) is 0. The second-order valence-corrected chi connectivity index (χ2v) is 30.7. The van der Waals surface area contributed by atoms with Gasteiger partial charge in [-0.05, 0) is 43.4 Å². The molecule has 0 rings (SSSR count). The summed E-state index contributed by atoms with van der Waals surface area (Å²) in [4.78, 5) is 72.7. The summed E-state index contributed by atoms with van der Waals surface area (Å²) in [7, 11) is -9.91. The van der Waals surface area contributed by atoms with Crippen LogP contribution in [0.15, 0.2) is 0 Å². The highest BCUT2D eigenvalue weighted by atomic mass is 31.2. The lowest BCUT2D eigenvalue weighted by Crippen LogP contribution is -2.30. The first kappa shape index (κ1) is 90.1. The van der Waals surface area contributed by atoms with Crippen LogP contribution < -0.4 is 0 Å². The SMILES string of the molecule is CCCCCCCCCCCCC(=O)OC[C@H](COP(=O)(O)OC[C@H](O)COP(=O)(O)OC[C@@H](COC(=O)CCCCCCCCCCCCCC(C)C)OC(=O)CCCCCCCCCCCCCCCC(C)C)OC(=O)CCCCCCCCCCCC(C)C. The maximum atomic E-state index is 13.1. The van der Waals surface area contributed by atoms with Crippen molar-refractivity contribution in [3.8, 4) is 0 Å². The van der Waals surface area contributed by atoms with Gasteiger partial charge < -0.3 is 33.8 Å². The van der Waals surface area contributed by atoms with Gasteiger partial charge >= 0.3 is 39.5 Å². The predicted octanol–water partition coefficient (Wildman–Crippen LogP) is 21.0. The number of phosphoric acid groups is 2. The zero-order valence-electron chi connectivity index (χ0n) is 60.0. The Morgan fingerprint density at radius 3 is 0.739 bits per heavy atom. The smallest absolute Gasteiger partial charge is 0.462 e. The average molecular weight is 1350 g/mol. The number of phosphoric ester groups is 2. The molecule has 546 valence electrons. The molecule has 0 spiro atoms. The minimum atomic E-state index is -4.96. The van der Waals surface area contributed by atoms with Gasteiger partial charge in [0.2, 0.25) is 0 Å². The minimum Gasteiger partial charge on any atom is -0.462 e. The van der Waals surface area contributed by atoms with Crippen LogP contribution in [0.4, 0.5) is 0 Å². The summed E-state index contributed by atoms with van der Waals surface area (Å²) in [5.74, 6) is 0.172. The van der Waals surface area contributed by atoms with Gasteiger partial charge in [-0.3, -0.25) is 37.3 Å². The van der Waals surface area contributed by atoms with Crippen molar-refractivity contribution in [2.45, 2.75) is 388 Å². The van der Waals surface area contributed by atoms with Crippen LogP contribution in [-0.4, -0.2) is 96.7 Å². The maximum absolute atomic E-state index is 13.1. The molecule has 5 atom stereocenters. The normalized spacial score (nSPS) is 14.1. The minimum absolute atomic E-state index is 0.105. The summed E-state index contributed by atoms with van der Waals surface area (Å²) in [5, 5.41) is 10.6. The van der Waals surface area contributed by atoms with Gasteiger partial charge in [-0.1, -0.05) is 318 Å². The molecular formula is C73H142O17P2. The van der Waals surface area contributed by atoms with Crippen LogP contribution in [0.25, 0.3) is 0 Å². The summed E-state index contributed by atoms with van der Waals surface area (Å²) >= 11 is 0. The first-order chi connectivity index (χ1) is 44.2. The lowest BCUT2D eigenvalue weighted by molar-refractivity contribution is -0.161. The van der Waals surface area contributed by atoms with Crippen LogP contribution in [-0.2, 0) is 65.4 Å². The summed E-state index contributed by atoms with van der Waals surface area (Å²) < 4.78 is 68.4. The van der Waals surface area contributed by atoms with E-state index in [0.29, 0.717) is 25.7 Å². The first-order valence-electron chi connectivity index (χ1n) is 37.8. The van der Waals surface area contributed by atoms with Crippen LogP contribution in [0.3, 0.4) is 0 Å². The molecule has 0 aliphatic carbocycles.